The lowest BCUT2D eigenvalue weighted by molar-refractivity contribution is 0.0439. The van der Waals surface area contributed by atoms with Crippen LogP contribution in [0.1, 0.15) is 22.3 Å². The van der Waals surface area contributed by atoms with Crippen molar-refractivity contribution in [3.63, 3.8) is 0 Å². The van der Waals surface area contributed by atoms with Crippen molar-refractivity contribution in [3.8, 4) is 17.2 Å². The van der Waals surface area contributed by atoms with E-state index < -0.39 is 43.5 Å². The van der Waals surface area contributed by atoms with Gasteiger partial charge in [-0.05, 0) is 25.5 Å². The number of aryl methyl sites for hydroxylation is 1. The van der Waals surface area contributed by atoms with Crippen molar-refractivity contribution in [2.24, 2.45) is 13.0 Å². The van der Waals surface area contributed by atoms with Gasteiger partial charge >= 0.3 is 19.9 Å². The zero-order valence-corrected chi connectivity index (χ0v) is 28.2. The van der Waals surface area contributed by atoms with Gasteiger partial charge in [-0.25, -0.2) is 33.0 Å². The van der Waals surface area contributed by atoms with Crippen LogP contribution in [0.4, 0.5) is 20.6 Å². The van der Waals surface area contributed by atoms with Crippen molar-refractivity contribution in [1.29, 1.82) is 5.26 Å². The number of nitrogens with one attached hydrogen (secondary N) is 1. The van der Waals surface area contributed by atoms with Crippen LogP contribution in [-0.4, -0.2) is 97.9 Å². The molecule has 2 aliphatic heterocycles. The average Bonchev–Trinajstić information content (AvgIpc) is 3.76. The molecule has 2 fully saturated rings. The molecule has 2 unspecified atom stereocenters. The van der Waals surface area contributed by atoms with E-state index in [1.54, 1.807) is 25.5 Å². The number of ether oxygens (including phenoxy) is 1. The number of phosphoric acid groups is 1. The Morgan fingerprint density at radius 2 is 1.96 bits per heavy atom. The second-order valence-corrected chi connectivity index (χ2v) is 13.8. The number of H-pyrrole nitrogens is 1. The number of phosphoric ester groups is 1. The summed E-state index contributed by atoms with van der Waals surface area (Å²) in [6.45, 7) is 1.08. The zero-order chi connectivity index (χ0) is 36.5. The number of hydrogen-bond donors (Lipinski definition) is 4. The van der Waals surface area contributed by atoms with E-state index in [4.69, 9.17) is 14.5 Å². The molecule has 0 bridgehead atoms. The highest BCUT2D eigenvalue weighted by Gasteiger charge is 2.42. The number of halogens is 1. The molecule has 2 atom stereocenters. The molecule has 1 amide bonds. The third kappa shape index (κ3) is 5.74. The fourth-order valence-corrected chi connectivity index (χ4v) is 7.49. The van der Waals surface area contributed by atoms with Crippen molar-refractivity contribution in [2.75, 3.05) is 50.3 Å². The molecule has 2 aliphatic rings. The normalized spacial score (nSPS) is 17.7. The summed E-state index contributed by atoms with van der Waals surface area (Å²) in [5, 5.41) is 20.5. The van der Waals surface area contributed by atoms with Crippen LogP contribution in [0.25, 0.3) is 44.1 Å². The van der Waals surface area contributed by atoms with Gasteiger partial charge in [0.05, 0.1) is 33.2 Å². The molecule has 0 saturated carbocycles. The number of hydrogen-bond acceptors (Lipinski definition) is 11. The number of carbonyl (C=O) groups excluding carboxylic acids is 1. The van der Waals surface area contributed by atoms with E-state index in [2.05, 4.69) is 29.3 Å². The standard InChI is InChI=1S/C32H30FN8O9P/c1-38-11-15-4-5-41(23(15)13-38)27-19(16-6-17-28(42)20(31(43)44)12-39(2)30(17)36-9-16)10-35-29-25(27)24-18(8-34)21(33)7-22(26(24)37-29)40(3)32(45)49-14-50-51(46,47)48/h6-7,9-10,12,15,23H,4-5,11,13-14H2,1-3H3,(H,35,37)(H,43,44)(H2,46,47,48). The summed E-state index contributed by atoms with van der Waals surface area (Å²) in [5.41, 5.74) is 0.627. The van der Waals surface area contributed by atoms with Crippen LogP contribution in [0.3, 0.4) is 0 Å². The summed E-state index contributed by atoms with van der Waals surface area (Å²) in [6.07, 6.45) is 4.02. The number of carboxylic acid groups (broad SMARTS) is 1. The Bertz CT molecular complexity index is 2460. The number of aromatic carboxylic acids is 1. The maximum atomic E-state index is 15.9. The van der Waals surface area contributed by atoms with Crippen LogP contribution in [0, 0.1) is 23.1 Å². The monoisotopic (exact) mass is 720 g/mol. The van der Waals surface area contributed by atoms with Gasteiger partial charge in [0.25, 0.3) is 0 Å². The van der Waals surface area contributed by atoms with Gasteiger partial charge in [-0.1, -0.05) is 0 Å². The van der Waals surface area contributed by atoms with Crippen LogP contribution in [-0.2, 0) is 20.9 Å². The molecule has 1 aromatic carbocycles. The third-order valence-electron chi connectivity index (χ3n) is 9.53. The van der Waals surface area contributed by atoms with Gasteiger partial charge in [0, 0.05) is 80.9 Å². The van der Waals surface area contributed by atoms with Gasteiger partial charge in [-0.2, -0.15) is 5.26 Å². The molecule has 7 rings (SSSR count). The number of nitrogens with zero attached hydrogens (tertiary/aromatic N) is 7. The van der Waals surface area contributed by atoms with Crippen LogP contribution in [0.15, 0.2) is 35.5 Å². The van der Waals surface area contributed by atoms with Gasteiger partial charge in [0.15, 0.2) is 0 Å². The highest BCUT2D eigenvalue weighted by molar-refractivity contribution is 7.46. The first-order chi connectivity index (χ1) is 24.2. The number of anilines is 2. The predicted octanol–water partition coefficient (Wildman–Crippen LogP) is 3.12. The molecule has 2 saturated heterocycles. The molecule has 0 spiro atoms. The minimum Gasteiger partial charge on any atom is -0.477 e. The number of nitriles is 1. The number of pyridine rings is 3. The van der Waals surface area contributed by atoms with Crippen LogP contribution < -0.4 is 15.2 Å². The second-order valence-electron chi connectivity index (χ2n) is 12.6. The van der Waals surface area contributed by atoms with Gasteiger partial charge in [0.1, 0.15) is 28.7 Å². The molecule has 0 aliphatic carbocycles. The molecule has 4 N–H and O–H groups in total. The molecule has 19 heteroatoms. The number of aromatic amines is 1. The van der Waals surface area contributed by atoms with Crippen LogP contribution in [0.2, 0.25) is 0 Å². The first-order valence-corrected chi connectivity index (χ1v) is 17.1. The molecular formula is C32H30FN8O9P. The quantitative estimate of drug-likeness (QED) is 0.140. The Morgan fingerprint density at radius 3 is 2.67 bits per heavy atom. The van der Waals surface area contributed by atoms with E-state index >= 15 is 4.39 Å². The van der Waals surface area contributed by atoms with Crippen LogP contribution >= 0.6 is 7.82 Å². The van der Waals surface area contributed by atoms with Crippen molar-refractivity contribution in [2.45, 2.75) is 12.5 Å². The van der Waals surface area contributed by atoms with Crippen molar-refractivity contribution >= 4 is 64.2 Å². The van der Waals surface area contributed by atoms with Crippen molar-refractivity contribution < 1.29 is 42.7 Å². The topological polar surface area (TPSA) is 227 Å². The number of rotatable bonds is 7. The van der Waals surface area contributed by atoms with E-state index in [0.717, 1.165) is 23.9 Å². The summed E-state index contributed by atoms with van der Waals surface area (Å²) in [7, 11) is -0.101. The lowest BCUT2D eigenvalue weighted by atomic mass is 9.98. The smallest absolute Gasteiger partial charge is 0.472 e. The van der Waals surface area contributed by atoms with E-state index in [9.17, 15) is 29.3 Å². The molecule has 5 aromatic rings. The number of amides is 1. The van der Waals surface area contributed by atoms with E-state index in [-0.39, 0.29) is 44.9 Å². The predicted molar refractivity (Wildman–Crippen MR) is 181 cm³/mol. The minimum atomic E-state index is -4.95. The summed E-state index contributed by atoms with van der Waals surface area (Å²) < 4.78 is 37.5. The SMILES string of the molecule is CN1CC2CCN(c3c(-c4cnc5c(c4)c(=O)c(C(=O)O)cn5C)cnc4[nH]c5c(N(C)C(=O)OCOP(=O)(O)O)cc(F)c(C#N)c5c34)C2C1. The Hall–Kier alpha value is -5.44. The molecular weight excluding hydrogens is 690 g/mol. The molecule has 17 nitrogen and oxygen atoms in total. The summed E-state index contributed by atoms with van der Waals surface area (Å²) in [4.78, 5) is 73.6. The lowest BCUT2D eigenvalue weighted by Crippen LogP contribution is -2.35. The average molecular weight is 721 g/mol. The number of carbonyl (C=O) groups is 2. The molecule has 51 heavy (non-hydrogen) atoms. The number of carboxylic acids is 1. The maximum absolute atomic E-state index is 15.9. The highest BCUT2D eigenvalue weighted by Crippen LogP contribution is 2.47. The molecule has 0 radical (unpaired) electrons. The highest BCUT2D eigenvalue weighted by atomic mass is 31.2. The first-order valence-electron chi connectivity index (χ1n) is 15.5. The molecule has 264 valence electrons. The second kappa shape index (κ2) is 12.4. The van der Waals surface area contributed by atoms with Crippen molar-refractivity contribution in [1.82, 2.24) is 24.4 Å². The first kappa shape index (κ1) is 34.0. The van der Waals surface area contributed by atoms with E-state index in [1.807, 2.05) is 13.1 Å². The van der Waals surface area contributed by atoms with Gasteiger partial charge in [-0.3, -0.25) is 9.69 Å². The van der Waals surface area contributed by atoms with E-state index in [0.29, 0.717) is 41.2 Å². The van der Waals surface area contributed by atoms with Crippen LogP contribution in [0.5, 0.6) is 0 Å². The number of benzene rings is 1. The molecule has 4 aromatic heterocycles. The summed E-state index contributed by atoms with van der Waals surface area (Å²) >= 11 is 0. The number of likely N-dealkylation sites (N-methyl/N-ethyl adjacent to an activating group) is 1. The summed E-state index contributed by atoms with van der Waals surface area (Å²) in [6, 6.07) is 4.48. The third-order valence-corrected chi connectivity index (χ3v) is 9.97. The number of likely N-dealkylation sites (tertiary alicyclic amines) is 1. The Balaban J connectivity index is 1.49. The van der Waals surface area contributed by atoms with Gasteiger partial charge < -0.3 is 39.0 Å². The summed E-state index contributed by atoms with van der Waals surface area (Å²) in [5.74, 6) is -2.04. The largest absolute Gasteiger partial charge is 0.477 e. The maximum Gasteiger partial charge on any atom is 0.472 e. The van der Waals surface area contributed by atoms with E-state index in [1.165, 1.54) is 17.8 Å². The van der Waals surface area contributed by atoms with Crippen molar-refractivity contribution in [3.05, 3.63) is 57.9 Å². The Labute approximate surface area is 287 Å². The number of fused-ring (bicyclic) bond motifs is 5. The fourth-order valence-electron chi connectivity index (χ4n) is 7.30. The fraction of sp³-hybridized carbons (Fsp3) is 0.312. The lowest BCUT2D eigenvalue weighted by Gasteiger charge is -2.29. The molecule has 6 heterocycles. The zero-order valence-electron chi connectivity index (χ0n) is 27.3. The Kier molecular flexibility index (Phi) is 8.28. The minimum absolute atomic E-state index is 0.0226. The Morgan fingerprint density at radius 1 is 1.20 bits per heavy atom. The number of aromatic nitrogens is 4. The van der Waals surface area contributed by atoms with Gasteiger partial charge in [-0.15, -0.1) is 0 Å². The van der Waals surface area contributed by atoms with Gasteiger partial charge in [0.2, 0.25) is 12.2 Å².